The average Bonchev–Trinajstić information content (AvgIpc) is 3.07. The molecule has 2 aromatic heterocycles. The Labute approximate surface area is 164 Å². The zero-order valence-corrected chi connectivity index (χ0v) is 16.6. The van der Waals surface area contributed by atoms with Crippen LogP contribution in [0, 0.1) is 20.8 Å². The molecule has 5 aromatic rings. The van der Waals surface area contributed by atoms with Gasteiger partial charge in [0.1, 0.15) is 11.7 Å². The van der Waals surface area contributed by atoms with E-state index in [-0.39, 0.29) is 0 Å². The fourth-order valence-electron chi connectivity index (χ4n) is 5.17. The lowest BCUT2D eigenvalue weighted by molar-refractivity contribution is -0.670. The van der Waals surface area contributed by atoms with Crippen molar-refractivity contribution >= 4 is 27.3 Å². The van der Waals surface area contributed by atoms with Gasteiger partial charge in [0.25, 0.3) is 5.65 Å². The van der Waals surface area contributed by atoms with Crippen molar-refractivity contribution in [1.29, 1.82) is 0 Å². The molecule has 0 bridgehead atoms. The van der Waals surface area contributed by atoms with Crippen molar-refractivity contribution in [3.8, 4) is 11.3 Å². The van der Waals surface area contributed by atoms with Crippen LogP contribution in [-0.2, 0) is 13.0 Å². The first kappa shape index (κ1) is 15.9. The van der Waals surface area contributed by atoms with Gasteiger partial charge < -0.3 is 0 Å². The quantitative estimate of drug-likeness (QED) is 0.267. The Bertz CT molecular complexity index is 1420. The van der Waals surface area contributed by atoms with E-state index in [1.807, 2.05) is 0 Å². The fourth-order valence-corrected chi connectivity index (χ4v) is 5.17. The minimum atomic E-state index is 1.04. The highest BCUT2D eigenvalue weighted by Gasteiger charge is 2.29. The first-order chi connectivity index (χ1) is 13.6. The van der Waals surface area contributed by atoms with Crippen LogP contribution < -0.4 is 4.57 Å². The summed E-state index contributed by atoms with van der Waals surface area (Å²) in [6.07, 6.45) is 3.47. The van der Waals surface area contributed by atoms with Crippen LogP contribution in [0.4, 0.5) is 0 Å². The first-order valence-electron chi connectivity index (χ1n) is 10.1. The summed E-state index contributed by atoms with van der Waals surface area (Å²) < 4.78 is 4.98. The second-order valence-electron chi connectivity index (χ2n) is 8.24. The molecule has 0 fully saturated rings. The molecule has 0 aliphatic carbocycles. The Morgan fingerprint density at radius 1 is 0.857 bits per heavy atom. The molecule has 2 heteroatoms. The van der Waals surface area contributed by atoms with Gasteiger partial charge in [-0.2, -0.15) is 4.40 Å². The lowest BCUT2D eigenvalue weighted by Crippen LogP contribution is -2.36. The van der Waals surface area contributed by atoms with E-state index in [1.54, 1.807) is 0 Å². The molecule has 3 heterocycles. The van der Waals surface area contributed by atoms with Crippen LogP contribution in [0.25, 0.3) is 38.6 Å². The standard InChI is InChI=1S/C26H23N2/c1-16-10-11-22-21(14-16)20-9-5-8-19-12-13-27-15-23(28(22)26(27)25(19)20)24-17(2)6-4-7-18(24)3/h4-11,14-15H,12-13H2,1-3H3/q+1. The van der Waals surface area contributed by atoms with Crippen molar-refractivity contribution < 1.29 is 4.57 Å². The highest BCUT2D eigenvalue weighted by atomic mass is 15.1. The Hall–Kier alpha value is -3.13. The Balaban J connectivity index is 1.93. The molecule has 6 rings (SSSR count). The van der Waals surface area contributed by atoms with Gasteiger partial charge in [0.15, 0.2) is 5.69 Å². The smallest absolute Gasteiger partial charge is 0.229 e. The summed E-state index contributed by atoms with van der Waals surface area (Å²) in [6, 6.07) is 20.3. The zero-order chi connectivity index (χ0) is 19.0. The predicted molar refractivity (Wildman–Crippen MR) is 116 cm³/mol. The van der Waals surface area contributed by atoms with Gasteiger partial charge >= 0.3 is 0 Å². The van der Waals surface area contributed by atoms with Crippen molar-refractivity contribution in [2.24, 2.45) is 0 Å². The van der Waals surface area contributed by atoms with Crippen LogP contribution in [0.5, 0.6) is 0 Å². The van der Waals surface area contributed by atoms with Crippen LogP contribution in [0.3, 0.4) is 0 Å². The Morgan fingerprint density at radius 2 is 1.64 bits per heavy atom. The largest absolute Gasteiger partial charge is 0.295 e. The van der Waals surface area contributed by atoms with Crippen molar-refractivity contribution in [3.05, 3.63) is 83.0 Å². The summed E-state index contributed by atoms with van der Waals surface area (Å²) >= 11 is 0. The van der Waals surface area contributed by atoms with Crippen LogP contribution in [0.15, 0.2) is 60.8 Å². The SMILES string of the molecule is Cc1ccc2c(c1)c1cccc3c1c1n2c(-c2c(C)cccc2C)c[n+]1CC3. The Morgan fingerprint density at radius 3 is 2.46 bits per heavy atom. The fraction of sp³-hybridized carbons (Fsp3) is 0.192. The second kappa shape index (κ2) is 5.45. The van der Waals surface area contributed by atoms with E-state index in [0.29, 0.717) is 0 Å². The van der Waals surface area contributed by atoms with Crippen molar-refractivity contribution in [3.63, 3.8) is 0 Å². The van der Waals surface area contributed by atoms with Gasteiger partial charge in [-0.1, -0.05) is 48.0 Å². The van der Waals surface area contributed by atoms with Gasteiger partial charge in [-0.25, -0.2) is 4.57 Å². The average molecular weight is 363 g/mol. The van der Waals surface area contributed by atoms with Crippen LogP contribution >= 0.6 is 0 Å². The summed E-state index contributed by atoms with van der Waals surface area (Å²) in [5.74, 6) is 0. The number of hydrogen-bond donors (Lipinski definition) is 0. The third-order valence-corrected chi connectivity index (χ3v) is 6.42. The molecule has 3 aromatic carbocycles. The summed E-state index contributed by atoms with van der Waals surface area (Å²) in [4.78, 5) is 0. The monoisotopic (exact) mass is 363 g/mol. The summed E-state index contributed by atoms with van der Waals surface area (Å²) in [5, 5.41) is 4.15. The number of aryl methyl sites for hydroxylation is 5. The van der Waals surface area contributed by atoms with E-state index in [1.165, 1.54) is 60.8 Å². The summed E-state index contributed by atoms with van der Waals surface area (Å²) in [7, 11) is 0. The number of pyridine rings is 1. The summed E-state index contributed by atoms with van der Waals surface area (Å²) in [5.41, 5.74) is 10.7. The van der Waals surface area contributed by atoms with Gasteiger partial charge in [-0.3, -0.25) is 0 Å². The molecule has 0 amide bonds. The molecule has 1 aliphatic heterocycles. The lowest BCUT2D eigenvalue weighted by atomic mass is 9.97. The summed E-state index contributed by atoms with van der Waals surface area (Å²) in [6.45, 7) is 7.68. The molecule has 2 nitrogen and oxygen atoms in total. The molecule has 0 N–H and O–H groups in total. The van der Waals surface area contributed by atoms with E-state index in [0.717, 1.165) is 13.0 Å². The topological polar surface area (TPSA) is 8.29 Å². The maximum absolute atomic E-state index is 2.51. The maximum Gasteiger partial charge on any atom is 0.295 e. The van der Waals surface area contributed by atoms with Gasteiger partial charge in [-0.15, -0.1) is 0 Å². The van der Waals surface area contributed by atoms with Crippen LogP contribution in [-0.4, -0.2) is 4.40 Å². The van der Waals surface area contributed by atoms with E-state index in [9.17, 15) is 0 Å². The molecule has 0 radical (unpaired) electrons. The van der Waals surface area contributed by atoms with Crippen molar-refractivity contribution in [2.45, 2.75) is 33.7 Å². The highest BCUT2D eigenvalue weighted by molar-refractivity contribution is 6.13. The van der Waals surface area contributed by atoms with Gasteiger partial charge in [0.05, 0.1) is 11.9 Å². The van der Waals surface area contributed by atoms with Crippen LogP contribution in [0.1, 0.15) is 22.3 Å². The van der Waals surface area contributed by atoms with Gasteiger partial charge in [0.2, 0.25) is 0 Å². The van der Waals surface area contributed by atoms with E-state index in [4.69, 9.17) is 0 Å². The minimum absolute atomic E-state index is 1.04. The number of hydrogen-bond acceptors (Lipinski definition) is 0. The normalized spacial score (nSPS) is 13.2. The molecule has 1 aliphatic rings. The molecule has 28 heavy (non-hydrogen) atoms. The van der Waals surface area contributed by atoms with Crippen molar-refractivity contribution in [1.82, 2.24) is 4.40 Å². The van der Waals surface area contributed by atoms with E-state index >= 15 is 0 Å². The molecule has 136 valence electrons. The molecular weight excluding hydrogens is 340 g/mol. The van der Waals surface area contributed by atoms with E-state index < -0.39 is 0 Å². The van der Waals surface area contributed by atoms with Gasteiger partial charge in [-0.05, 0) is 49.6 Å². The number of rotatable bonds is 1. The molecule has 0 saturated heterocycles. The third-order valence-electron chi connectivity index (χ3n) is 6.42. The molecular formula is C26H23N2+. The third kappa shape index (κ3) is 1.95. The lowest BCUT2D eigenvalue weighted by Gasteiger charge is -2.14. The molecule has 0 saturated carbocycles. The molecule has 0 atom stereocenters. The number of fused-ring (bicyclic) bond motifs is 3. The number of imidazole rings is 1. The van der Waals surface area contributed by atoms with Crippen LogP contribution in [0.2, 0.25) is 0 Å². The predicted octanol–water partition coefficient (Wildman–Crippen LogP) is 5.68. The second-order valence-corrected chi connectivity index (χ2v) is 8.24. The minimum Gasteiger partial charge on any atom is -0.229 e. The number of aromatic nitrogens is 2. The Kier molecular flexibility index (Phi) is 3.09. The molecule has 0 unspecified atom stereocenters. The zero-order valence-electron chi connectivity index (χ0n) is 16.6. The van der Waals surface area contributed by atoms with Crippen molar-refractivity contribution in [2.75, 3.05) is 0 Å². The first-order valence-corrected chi connectivity index (χ1v) is 10.1. The molecule has 0 spiro atoms. The van der Waals surface area contributed by atoms with E-state index in [2.05, 4.69) is 90.5 Å². The number of benzene rings is 3. The van der Waals surface area contributed by atoms with Gasteiger partial charge in [0, 0.05) is 22.8 Å². The number of nitrogens with zero attached hydrogens (tertiary/aromatic N) is 2. The highest BCUT2D eigenvalue weighted by Crippen LogP contribution is 2.37. The maximum atomic E-state index is 2.51.